The van der Waals surface area contributed by atoms with Gasteiger partial charge in [0.25, 0.3) is 0 Å². The van der Waals surface area contributed by atoms with Crippen LogP contribution in [-0.4, -0.2) is 22.0 Å². The van der Waals surface area contributed by atoms with Gasteiger partial charge in [-0.05, 0) is 30.1 Å². The van der Waals surface area contributed by atoms with Gasteiger partial charge in [-0.15, -0.1) is 0 Å². The maximum absolute atomic E-state index is 11.6. The van der Waals surface area contributed by atoms with Gasteiger partial charge in [0.05, 0.1) is 6.61 Å². The van der Waals surface area contributed by atoms with Crippen molar-refractivity contribution in [3.8, 4) is 0 Å². The van der Waals surface area contributed by atoms with Gasteiger partial charge in [0, 0.05) is 6.92 Å². The lowest BCUT2D eigenvalue weighted by Gasteiger charge is -2.08. The van der Waals surface area contributed by atoms with Crippen LogP contribution < -0.4 is 0 Å². The zero-order valence-electron chi connectivity index (χ0n) is 15.7. The van der Waals surface area contributed by atoms with Gasteiger partial charge in [0.2, 0.25) is 0 Å². The van der Waals surface area contributed by atoms with E-state index in [2.05, 4.69) is 13.0 Å². The second-order valence-corrected chi connectivity index (χ2v) is 8.36. The summed E-state index contributed by atoms with van der Waals surface area (Å²) in [5.74, 6) is 0.376. The van der Waals surface area contributed by atoms with Crippen molar-refractivity contribution in [3.63, 3.8) is 0 Å². The number of allylic oxidation sites excluding steroid dienone is 2. The second-order valence-electron chi connectivity index (χ2n) is 6.62. The van der Waals surface area contributed by atoms with E-state index >= 15 is 0 Å². The standard InChI is InChI=1S/C20H40O2S/c1-3-4-5-6-7-8-9-10-11-12-13-14-15-16-17-20(2)23(22)19-18-21/h17,21H,3-16,18-19H2,1-2H3/b20-17+. The molecular weight excluding hydrogens is 304 g/mol. The summed E-state index contributed by atoms with van der Waals surface area (Å²) in [5.41, 5.74) is 0. The number of rotatable bonds is 17. The summed E-state index contributed by atoms with van der Waals surface area (Å²) >= 11 is -0.970. The lowest BCUT2D eigenvalue weighted by Crippen LogP contribution is -2.10. The third-order valence-corrected chi connectivity index (χ3v) is 5.81. The Labute approximate surface area is 148 Å². The Kier molecular flexibility index (Phi) is 18.4. The van der Waals surface area contributed by atoms with Crippen LogP contribution >= 0.6 is 0 Å². The molecule has 0 aliphatic rings. The topological polar surface area (TPSA) is 43.3 Å². The van der Waals surface area contributed by atoms with E-state index in [1.165, 1.54) is 83.5 Å². The maximum atomic E-state index is 11.6. The van der Waals surface area contributed by atoms with Crippen molar-refractivity contribution in [2.75, 3.05) is 12.4 Å². The van der Waals surface area contributed by atoms with Gasteiger partial charge in [0.15, 0.2) is 0 Å². The molecule has 0 radical (unpaired) electrons. The zero-order valence-corrected chi connectivity index (χ0v) is 16.5. The third kappa shape index (κ3) is 16.6. The average Bonchev–Trinajstić information content (AvgIpc) is 2.55. The minimum atomic E-state index is -0.970. The molecule has 1 atom stereocenters. The van der Waals surface area contributed by atoms with E-state index in [4.69, 9.17) is 5.11 Å². The van der Waals surface area contributed by atoms with Gasteiger partial charge in [-0.25, -0.2) is 0 Å². The van der Waals surface area contributed by atoms with Crippen molar-refractivity contribution >= 4 is 11.2 Å². The Balaban J connectivity index is 3.23. The first-order valence-corrected chi connectivity index (χ1v) is 11.2. The summed E-state index contributed by atoms with van der Waals surface area (Å²) in [6, 6.07) is 0. The predicted molar refractivity (Wildman–Crippen MR) is 104 cm³/mol. The molecule has 0 aromatic heterocycles. The van der Waals surface area contributed by atoms with Crippen LogP contribution in [0.5, 0.6) is 0 Å². The molecule has 0 fully saturated rings. The third-order valence-electron chi connectivity index (χ3n) is 4.38. The van der Waals surface area contributed by atoms with E-state index in [9.17, 15) is 4.55 Å². The molecule has 0 heterocycles. The summed E-state index contributed by atoms with van der Waals surface area (Å²) in [5, 5.41) is 8.76. The van der Waals surface area contributed by atoms with Gasteiger partial charge < -0.3 is 9.66 Å². The summed E-state index contributed by atoms with van der Waals surface area (Å²) < 4.78 is 11.6. The smallest absolute Gasteiger partial charge is 0.133 e. The van der Waals surface area contributed by atoms with Crippen LogP contribution in [0.3, 0.4) is 0 Å². The summed E-state index contributed by atoms with van der Waals surface area (Å²) in [6.45, 7) is 4.19. The van der Waals surface area contributed by atoms with E-state index in [1.54, 1.807) is 0 Å². The highest BCUT2D eigenvalue weighted by Crippen LogP contribution is 2.14. The van der Waals surface area contributed by atoms with Gasteiger partial charge in [-0.2, -0.15) is 0 Å². The molecular formula is C20H40O2S. The van der Waals surface area contributed by atoms with Gasteiger partial charge in [-0.3, -0.25) is 0 Å². The molecule has 1 N–H and O–H groups in total. The van der Waals surface area contributed by atoms with Crippen molar-refractivity contribution in [1.29, 1.82) is 0 Å². The molecule has 0 aliphatic carbocycles. The first-order chi connectivity index (χ1) is 11.2. The maximum Gasteiger partial charge on any atom is 0.133 e. The van der Waals surface area contributed by atoms with Gasteiger partial charge in [0.1, 0.15) is 10.7 Å². The molecule has 0 rings (SSSR count). The molecule has 0 saturated heterocycles. The molecule has 0 aromatic carbocycles. The highest BCUT2D eigenvalue weighted by atomic mass is 32.2. The monoisotopic (exact) mass is 344 g/mol. The Morgan fingerprint density at radius 3 is 1.70 bits per heavy atom. The highest BCUT2D eigenvalue weighted by molar-refractivity contribution is 7.95. The van der Waals surface area contributed by atoms with Crippen LogP contribution in [0.1, 0.15) is 104 Å². The van der Waals surface area contributed by atoms with E-state index in [1.807, 2.05) is 6.92 Å². The lowest BCUT2D eigenvalue weighted by molar-refractivity contribution is 0.320. The molecule has 3 heteroatoms. The SMILES string of the molecule is CCCCCCCCCCCCCCC/C=C(\C)[S+]([O-])CCO. The van der Waals surface area contributed by atoms with Crippen molar-refractivity contribution in [2.45, 2.75) is 104 Å². The molecule has 1 unspecified atom stereocenters. The number of aliphatic hydroxyl groups is 1. The van der Waals surface area contributed by atoms with Gasteiger partial charge in [-0.1, -0.05) is 84.0 Å². The second kappa shape index (κ2) is 18.4. The minimum absolute atomic E-state index is 0.0104. The molecule has 0 aromatic rings. The fourth-order valence-corrected chi connectivity index (χ4v) is 3.60. The Morgan fingerprint density at radius 1 is 0.826 bits per heavy atom. The van der Waals surface area contributed by atoms with Crippen LogP contribution in [0.25, 0.3) is 0 Å². The van der Waals surface area contributed by atoms with Crippen LogP contribution in [0.15, 0.2) is 11.0 Å². The Hall–Kier alpha value is 0.01000. The van der Waals surface area contributed by atoms with E-state index in [0.29, 0.717) is 5.75 Å². The number of hydrogen-bond donors (Lipinski definition) is 1. The molecule has 2 nitrogen and oxygen atoms in total. The zero-order chi connectivity index (χ0) is 17.2. The summed E-state index contributed by atoms with van der Waals surface area (Å²) in [7, 11) is 0. The fourth-order valence-electron chi connectivity index (χ4n) is 2.80. The van der Waals surface area contributed by atoms with Crippen LogP contribution in [0, 0.1) is 0 Å². The highest BCUT2D eigenvalue weighted by Gasteiger charge is 2.07. The first-order valence-electron chi connectivity index (χ1n) is 9.88. The van der Waals surface area contributed by atoms with E-state index in [-0.39, 0.29) is 6.61 Å². The molecule has 0 amide bonds. The van der Waals surface area contributed by atoms with E-state index < -0.39 is 11.2 Å². The number of hydrogen-bond acceptors (Lipinski definition) is 2. The lowest BCUT2D eigenvalue weighted by atomic mass is 10.0. The predicted octanol–water partition coefficient (Wildman–Crippen LogP) is 6.11. The van der Waals surface area contributed by atoms with Crippen molar-refractivity contribution in [1.82, 2.24) is 0 Å². The molecule has 0 spiro atoms. The van der Waals surface area contributed by atoms with Crippen molar-refractivity contribution in [2.24, 2.45) is 0 Å². The largest absolute Gasteiger partial charge is 0.612 e. The van der Waals surface area contributed by atoms with Crippen LogP contribution in [0.2, 0.25) is 0 Å². The van der Waals surface area contributed by atoms with Crippen LogP contribution in [-0.2, 0) is 11.2 Å². The summed E-state index contributed by atoms with van der Waals surface area (Å²) in [6.07, 6.45) is 21.0. The van der Waals surface area contributed by atoms with E-state index in [0.717, 1.165) is 11.3 Å². The quantitative estimate of drug-likeness (QED) is 0.255. The molecule has 23 heavy (non-hydrogen) atoms. The van der Waals surface area contributed by atoms with Crippen LogP contribution in [0.4, 0.5) is 0 Å². The number of unbranched alkanes of at least 4 members (excludes halogenated alkanes) is 13. The molecule has 0 aliphatic heterocycles. The Bertz CT molecular complexity index is 266. The average molecular weight is 345 g/mol. The molecule has 0 bridgehead atoms. The normalized spacial score (nSPS) is 13.5. The fraction of sp³-hybridized carbons (Fsp3) is 0.900. The summed E-state index contributed by atoms with van der Waals surface area (Å²) in [4.78, 5) is 0.929. The van der Waals surface area contributed by atoms with Crippen molar-refractivity contribution < 1.29 is 9.66 Å². The Morgan fingerprint density at radius 2 is 1.26 bits per heavy atom. The minimum Gasteiger partial charge on any atom is -0.612 e. The molecule has 0 saturated carbocycles. The number of aliphatic hydroxyl groups excluding tert-OH is 1. The molecule has 138 valence electrons. The van der Waals surface area contributed by atoms with Crippen molar-refractivity contribution in [3.05, 3.63) is 11.0 Å². The first kappa shape index (κ1) is 23.0. The van der Waals surface area contributed by atoms with Gasteiger partial charge >= 0.3 is 0 Å².